The van der Waals surface area contributed by atoms with Gasteiger partial charge >= 0.3 is 6.09 Å². The molecule has 202 valence electrons. The molecule has 4 rings (SSSR count). The number of hydrogen-bond acceptors (Lipinski definition) is 7. The topological polar surface area (TPSA) is 136 Å². The van der Waals surface area contributed by atoms with Gasteiger partial charge in [-0.25, -0.2) is 4.79 Å². The largest absolute Gasteiger partial charge is 0.497 e. The lowest BCUT2D eigenvalue weighted by Crippen LogP contribution is -2.64. The molecule has 2 heterocycles. The van der Waals surface area contributed by atoms with Gasteiger partial charge in [-0.1, -0.05) is 58.0 Å². The predicted molar refractivity (Wildman–Crippen MR) is 146 cm³/mol. The van der Waals surface area contributed by atoms with Gasteiger partial charge in [0, 0.05) is 11.9 Å². The summed E-state index contributed by atoms with van der Waals surface area (Å²) in [6.45, 7) is 8.51. The minimum absolute atomic E-state index is 0.0938. The normalized spacial score (nSPS) is 12.8. The minimum Gasteiger partial charge on any atom is -0.497 e. The Labute approximate surface area is 223 Å². The van der Waals surface area contributed by atoms with Crippen molar-refractivity contribution in [1.82, 2.24) is 14.7 Å². The van der Waals surface area contributed by atoms with Gasteiger partial charge in [0.1, 0.15) is 23.5 Å². The van der Waals surface area contributed by atoms with E-state index >= 15 is 0 Å². The van der Waals surface area contributed by atoms with Crippen LogP contribution < -0.4 is 15.8 Å². The third-order valence-corrected chi connectivity index (χ3v) is 5.64. The summed E-state index contributed by atoms with van der Waals surface area (Å²) in [6, 6.07) is 18.6. The number of nitrogens with zero attached hydrogens (tertiary/aromatic N) is 4. The number of rotatable bonds is 8. The first-order chi connectivity index (χ1) is 18.4. The summed E-state index contributed by atoms with van der Waals surface area (Å²) in [7, 11) is 1.57. The Morgan fingerprint density at radius 3 is 2.39 bits per heavy atom. The first-order valence-corrected chi connectivity index (χ1v) is 12.6. The summed E-state index contributed by atoms with van der Waals surface area (Å²) < 4.78 is 12.1. The number of carbonyl (C=O) groups is 2. The van der Waals surface area contributed by atoms with E-state index < -0.39 is 17.5 Å². The van der Waals surface area contributed by atoms with Crippen LogP contribution in [-0.4, -0.2) is 46.9 Å². The van der Waals surface area contributed by atoms with E-state index in [0.717, 1.165) is 11.3 Å². The maximum Gasteiger partial charge on any atom is 0.410 e. The second-order valence-corrected chi connectivity index (χ2v) is 8.01. The molecule has 38 heavy (non-hydrogen) atoms. The number of nitrogens with one attached hydrogen (secondary N) is 1. The Morgan fingerprint density at radius 2 is 1.79 bits per heavy atom. The number of ether oxygens (including phenoxy) is 2. The van der Waals surface area contributed by atoms with Crippen LogP contribution in [0, 0.1) is 11.3 Å². The van der Waals surface area contributed by atoms with Gasteiger partial charge in [-0.05, 0) is 29.8 Å². The van der Waals surface area contributed by atoms with Crippen molar-refractivity contribution in [3.8, 4) is 11.8 Å². The van der Waals surface area contributed by atoms with Gasteiger partial charge in [0.2, 0.25) is 0 Å². The van der Waals surface area contributed by atoms with Gasteiger partial charge in [-0.2, -0.15) is 10.4 Å². The number of methoxy groups -OCH3 is 1. The van der Waals surface area contributed by atoms with E-state index in [1.807, 2.05) is 76.2 Å². The average molecular weight is 521 g/mol. The highest BCUT2D eigenvalue weighted by molar-refractivity contribution is 5.98. The lowest BCUT2D eigenvalue weighted by molar-refractivity contribution is -0.00247. The number of likely N-dealkylation sites (tertiary alicyclic amines) is 1. The number of aromatic nitrogens is 2. The zero-order valence-corrected chi connectivity index (χ0v) is 22.6. The zero-order valence-electron chi connectivity index (χ0n) is 22.6. The van der Waals surface area contributed by atoms with Gasteiger partial charge in [-0.3, -0.25) is 9.48 Å². The second-order valence-electron chi connectivity index (χ2n) is 8.01. The fraction of sp³-hybridized carbons (Fsp3) is 0.357. The highest BCUT2D eigenvalue weighted by Crippen LogP contribution is 2.34. The van der Waals surface area contributed by atoms with Crippen molar-refractivity contribution in [2.75, 3.05) is 25.5 Å². The van der Waals surface area contributed by atoms with E-state index in [0.29, 0.717) is 5.75 Å². The molecule has 0 unspecified atom stereocenters. The van der Waals surface area contributed by atoms with Crippen LogP contribution in [0.25, 0.3) is 0 Å². The van der Waals surface area contributed by atoms with Crippen LogP contribution in [-0.2, 0) is 16.9 Å². The van der Waals surface area contributed by atoms with E-state index in [2.05, 4.69) is 16.5 Å². The number of primary amides is 1. The molecule has 2 aromatic carbocycles. The number of benzene rings is 2. The Kier molecular flexibility index (Phi) is 11.2. The molecule has 1 fully saturated rings. The Balaban J connectivity index is 0.00000121. The molecule has 0 bridgehead atoms. The maximum absolute atomic E-state index is 12.6. The van der Waals surface area contributed by atoms with Crippen molar-refractivity contribution in [3.63, 3.8) is 0 Å². The van der Waals surface area contributed by atoms with Crippen LogP contribution in [0.3, 0.4) is 0 Å². The fourth-order valence-corrected chi connectivity index (χ4v) is 3.82. The molecule has 3 aromatic rings. The smallest absolute Gasteiger partial charge is 0.410 e. The van der Waals surface area contributed by atoms with Crippen LogP contribution in [0.4, 0.5) is 16.3 Å². The lowest BCUT2D eigenvalue weighted by atomic mass is 9.87. The van der Waals surface area contributed by atoms with Gasteiger partial charge in [0.15, 0.2) is 5.82 Å². The van der Waals surface area contributed by atoms with E-state index in [9.17, 15) is 14.9 Å². The third kappa shape index (κ3) is 7.03. The predicted octanol–water partition coefficient (Wildman–Crippen LogP) is 5.05. The first-order valence-electron chi connectivity index (χ1n) is 12.6. The molecule has 0 aliphatic carbocycles. The van der Waals surface area contributed by atoms with E-state index in [1.165, 1.54) is 11.1 Å². The number of para-hydroxylation sites is 1. The number of nitrogens with two attached hydrogens (primary N) is 1. The van der Waals surface area contributed by atoms with Gasteiger partial charge in [-0.15, -0.1) is 0 Å². The van der Waals surface area contributed by atoms with Gasteiger partial charge < -0.3 is 25.4 Å². The summed E-state index contributed by atoms with van der Waals surface area (Å²) in [5.74, 6) is 0.315. The minimum atomic E-state index is -0.787. The first kappa shape index (κ1) is 29.7. The zero-order chi connectivity index (χ0) is 28.1. The molecule has 0 spiro atoms. The molecule has 10 heteroatoms. The van der Waals surface area contributed by atoms with Crippen molar-refractivity contribution in [3.05, 3.63) is 71.9 Å². The van der Waals surface area contributed by atoms with Crippen LogP contribution in [0.2, 0.25) is 0 Å². The molecule has 3 N–H and O–H groups in total. The van der Waals surface area contributed by atoms with Crippen molar-refractivity contribution in [1.29, 1.82) is 5.26 Å². The standard InChI is InChI=1S/C24H24N6O4.2C2H6/c1-33-19-9-5-6-17(12-19)14-34-23(32)29-15-24(16-29,10-11-25)30-13-20(21(26)31)22(28-30)27-18-7-3-2-4-8-18;2*1-2/h2-9,12-13H,10,14-16H2,1H3,(H2,26,31)(H,27,28);2*1-2H3. The van der Waals surface area contributed by atoms with Crippen molar-refractivity contribution < 1.29 is 19.1 Å². The molecule has 2 amide bonds. The lowest BCUT2D eigenvalue weighted by Gasteiger charge is -2.48. The summed E-state index contributed by atoms with van der Waals surface area (Å²) in [5, 5.41) is 17.0. The van der Waals surface area contributed by atoms with Gasteiger partial charge in [0.25, 0.3) is 5.91 Å². The molecular weight excluding hydrogens is 484 g/mol. The number of nitriles is 1. The molecule has 1 aliphatic heterocycles. The number of carbonyl (C=O) groups excluding carboxylic acids is 2. The summed E-state index contributed by atoms with van der Waals surface area (Å²) in [5.41, 5.74) is 6.50. The quantitative estimate of drug-likeness (QED) is 0.424. The van der Waals surface area contributed by atoms with Crippen LogP contribution in [0.5, 0.6) is 5.75 Å². The van der Waals surface area contributed by atoms with Gasteiger partial charge in [0.05, 0.1) is 32.7 Å². The highest BCUT2D eigenvalue weighted by Gasteiger charge is 2.48. The fourth-order valence-electron chi connectivity index (χ4n) is 3.82. The van der Waals surface area contributed by atoms with E-state index in [-0.39, 0.29) is 37.5 Å². The Hall–Kier alpha value is -4.52. The van der Waals surface area contributed by atoms with Crippen LogP contribution in [0.1, 0.15) is 50.0 Å². The van der Waals surface area contributed by atoms with Crippen molar-refractivity contribution in [2.45, 2.75) is 46.3 Å². The average Bonchev–Trinajstić information content (AvgIpc) is 3.36. The summed E-state index contributed by atoms with van der Waals surface area (Å²) >= 11 is 0. The molecular formula is C28H36N6O4. The van der Waals surface area contributed by atoms with Crippen molar-refractivity contribution >= 4 is 23.5 Å². The Bertz CT molecular complexity index is 1230. The highest BCUT2D eigenvalue weighted by atomic mass is 16.6. The van der Waals surface area contributed by atoms with Crippen LogP contribution >= 0.6 is 0 Å². The maximum atomic E-state index is 12.6. The summed E-state index contributed by atoms with van der Waals surface area (Å²) in [6.07, 6.45) is 1.11. The molecule has 0 radical (unpaired) electrons. The van der Waals surface area contributed by atoms with E-state index in [1.54, 1.807) is 17.9 Å². The molecule has 1 saturated heterocycles. The van der Waals surface area contributed by atoms with Crippen molar-refractivity contribution in [2.24, 2.45) is 5.73 Å². The monoisotopic (exact) mass is 520 g/mol. The number of anilines is 2. The van der Waals surface area contributed by atoms with Crippen LogP contribution in [0.15, 0.2) is 60.8 Å². The molecule has 1 aliphatic rings. The SMILES string of the molecule is CC.CC.COc1cccc(COC(=O)N2CC(CC#N)(n3cc(C(N)=O)c(Nc4ccccc4)n3)C2)c1. The molecule has 10 nitrogen and oxygen atoms in total. The van der Waals surface area contributed by atoms with E-state index in [4.69, 9.17) is 15.2 Å². The summed E-state index contributed by atoms with van der Waals surface area (Å²) in [4.78, 5) is 26.1. The number of amides is 2. The number of hydrogen-bond donors (Lipinski definition) is 2. The second kappa shape index (κ2) is 14.3. The molecule has 0 saturated carbocycles. The molecule has 0 atom stereocenters. The molecule has 1 aromatic heterocycles. The Morgan fingerprint density at radius 1 is 1.11 bits per heavy atom. The third-order valence-electron chi connectivity index (χ3n) is 5.64.